The molecule has 124 valence electrons. The number of nitrogens with zero attached hydrogens (tertiary/aromatic N) is 3. The number of carbonyl (C=O) groups excluding carboxylic acids is 1. The normalized spacial score (nSPS) is 17.8. The summed E-state index contributed by atoms with van der Waals surface area (Å²) in [6.07, 6.45) is 0.751. The first-order chi connectivity index (χ1) is 11.5. The number of hydrogen-bond donors (Lipinski definition) is 0. The van der Waals surface area contributed by atoms with Gasteiger partial charge in [0.2, 0.25) is 5.89 Å². The van der Waals surface area contributed by atoms with Crippen LogP contribution < -0.4 is 0 Å². The van der Waals surface area contributed by atoms with E-state index in [1.165, 1.54) is 6.07 Å². The molecular formula is C17H16FN3O3. The van der Waals surface area contributed by atoms with Gasteiger partial charge in [0.05, 0.1) is 5.92 Å². The predicted molar refractivity (Wildman–Crippen MR) is 83.2 cm³/mol. The fourth-order valence-corrected chi connectivity index (χ4v) is 3.11. The van der Waals surface area contributed by atoms with E-state index in [0.717, 1.165) is 12.0 Å². The van der Waals surface area contributed by atoms with E-state index in [2.05, 4.69) is 10.1 Å². The van der Waals surface area contributed by atoms with Crippen LogP contribution >= 0.6 is 0 Å². The van der Waals surface area contributed by atoms with E-state index < -0.39 is 5.82 Å². The molecule has 3 aromatic rings. The summed E-state index contributed by atoms with van der Waals surface area (Å²) < 4.78 is 24.5. The molecule has 7 heteroatoms. The Hall–Kier alpha value is -2.70. The van der Waals surface area contributed by atoms with Crippen LogP contribution in [0.4, 0.5) is 4.39 Å². The summed E-state index contributed by atoms with van der Waals surface area (Å²) in [5.74, 6) is 0.602. The molecule has 4 rings (SSSR count). The van der Waals surface area contributed by atoms with E-state index in [4.69, 9.17) is 8.94 Å². The van der Waals surface area contributed by atoms with E-state index in [-0.39, 0.29) is 23.2 Å². The highest BCUT2D eigenvalue weighted by atomic mass is 19.1. The van der Waals surface area contributed by atoms with Crippen molar-refractivity contribution in [3.05, 3.63) is 47.1 Å². The number of hydrogen-bond acceptors (Lipinski definition) is 5. The van der Waals surface area contributed by atoms with Gasteiger partial charge in [0, 0.05) is 18.5 Å². The molecule has 24 heavy (non-hydrogen) atoms. The van der Waals surface area contributed by atoms with E-state index >= 15 is 0 Å². The average molecular weight is 329 g/mol. The molecule has 1 aromatic carbocycles. The molecule has 0 N–H and O–H groups in total. The largest absolute Gasteiger partial charge is 0.448 e. The molecule has 1 aliphatic heterocycles. The van der Waals surface area contributed by atoms with Crippen LogP contribution in [-0.2, 0) is 0 Å². The summed E-state index contributed by atoms with van der Waals surface area (Å²) in [5, 5.41) is 4.41. The van der Waals surface area contributed by atoms with Gasteiger partial charge >= 0.3 is 0 Å². The molecule has 0 saturated carbocycles. The number of aryl methyl sites for hydroxylation is 2. The number of fused-ring (bicyclic) bond motifs is 1. The van der Waals surface area contributed by atoms with Crippen LogP contribution in [0.1, 0.15) is 40.2 Å². The Bertz CT molecular complexity index is 891. The average Bonchev–Trinajstić information content (AvgIpc) is 3.28. The fourth-order valence-electron chi connectivity index (χ4n) is 3.11. The van der Waals surface area contributed by atoms with Crippen molar-refractivity contribution in [2.45, 2.75) is 26.2 Å². The molecule has 0 radical (unpaired) electrons. The smallest absolute Gasteiger partial charge is 0.289 e. The molecule has 1 saturated heterocycles. The van der Waals surface area contributed by atoms with Gasteiger partial charge < -0.3 is 13.8 Å². The molecule has 0 bridgehead atoms. The molecule has 0 spiro atoms. The van der Waals surface area contributed by atoms with Crippen molar-refractivity contribution >= 4 is 16.9 Å². The van der Waals surface area contributed by atoms with Gasteiger partial charge in [-0.15, -0.1) is 0 Å². The van der Waals surface area contributed by atoms with Gasteiger partial charge in [0.15, 0.2) is 23.0 Å². The highest BCUT2D eigenvalue weighted by molar-refractivity contribution is 5.97. The first-order valence-electron chi connectivity index (χ1n) is 7.81. The molecule has 2 aromatic heterocycles. The van der Waals surface area contributed by atoms with E-state index in [1.54, 1.807) is 24.0 Å². The Morgan fingerprint density at radius 3 is 2.92 bits per heavy atom. The zero-order chi connectivity index (χ0) is 16.8. The summed E-state index contributed by atoms with van der Waals surface area (Å²) >= 11 is 0. The minimum Gasteiger partial charge on any atom is -0.448 e. The van der Waals surface area contributed by atoms with Gasteiger partial charge in [-0.05, 0) is 38.0 Å². The minimum absolute atomic E-state index is 0.0259. The van der Waals surface area contributed by atoms with Gasteiger partial charge in [-0.25, -0.2) is 4.39 Å². The highest BCUT2D eigenvalue weighted by Crippen LogP contribution is 2.30. The molecule has 1 fully saturated rings. The summed E-state index contributed by atoms with van der Waals surface area (Å²) in [7, 11) is 0. The van der Waals surface area contributed by atoms with Crippen molar-refractivity contribution in [2.75, 3.05) is 13.1 Å². The van der Waals surface area contributed by atoms with Gasteiger partial charge in [-0.2, -0.15) is 4.98 Å². The van der Waals surface area contributed by atoms with E-state index in [9.17, 15) is 9.18 Å². The van der Waals surface area contributed by atoms with Gasteiger partial charge in [-0.1, -0.05) is 11.2 Å². The van der Waals surface area contributed by atoms with Crippen LogP contribution in [-0.4, -0.2) is 34.0 Å². The number of furan rings is 1. The molecule has 1 amide bonds. The zero-order valence-corrected chi connectivity index (χ0v) is 13.4. The molecular weight excluding hydrogens is 313 g/mol. The minimum atomic E-state index is -0.463. The zero-order valence-electron chi connectivity index (χ0n) is 13.4. The topological polar surface area (TPSA) is 72.4 Å². The number of halogens is 1. The Morgan fingerprint density at radius 2 is 2.21 bits per heavy atom. The molecule has 6 nitrogen and oxygen atoms in total. The van der Waals surface area contributed by atoms with Crippen LogP contribution in [0.5, 0.6) is 0 Å². The lowest BCUT2D eigenvalue weighted by molar-refractivity contribution is 0.0760. The Kier molecular flexibility index (Phi) is 3.37. The second kappa shape index (κ2) is 5.43. The van der Waals surface area contributed by atoms with Gasteiger partial charge in [0.1, 0.15) is 0 Å². The van der Waals surface area contributed by atoms with Crippen LogP contribution in [0.3, 0.4) is 0 Å². The maximum absolute atomic E-state index is 13.9. The number of amides is 1. The lowest BCUT2D eigenvalue weighted by Crippen LogP contribution is -2.28. The van der Waals surface area contributed by atoms with Crippen molar-refractivity contribution in [1.82, 2.24) is 15.0 Å². The van der Waals surface area contributed by atoms with Gasteiger partial charge in [-0.3, -0.25) is 4.79 Å². The fraction of sp³-hybridized carbons (Fsp3) is 0.353. The Morgan fingerprint density at radius 1 is 1.38 bits per heavy atom. The van der Waals surface area contributed by atoms with Crippen molar-refractivity contribution in [3.63, 3.8) is 0 Å². The monoisotopic (exact) mass is 329 g/mol. The van der Waals surface area contributed by atoms with Crippen molar-refractivity contribution in [2.24, 2.45) is 0 Å². The molecule has 1 aliphatic rings. The first kappa shape index (κ1) is 14.9. The van der Waals surface area contributed by atoms with Crippen LogP contribution in [0, 0.1) is 19.7 Å². The number of rotatable bonds is 2. The molecule has 1 atom stereocenters. The number of likely N-dealkylation sites (tertiary alicyclic amines) is 1. The Labute approximate surface area is 137 Å². The number of aromatic nitrogens is 2. The third-order valence-electron chi connectivity index (χ3n) is 4.43. The van der Waals surface area contributed by atoms with Crippen LogP contribution in [0.15, 0.2) is 27.1 Å². The lowest BCUT2D eigenvalue weighted by Gasteiger charge is -2.13. The van der Waals surface area contributed by atoms with Crippen molar-refractivity contribution in [3.8, 4) is 0 Å². The van der Waals surface area contributed by atoms with Crippen molar-refractivity contribution in [1.29, 1.82) is 0 Å². The van der Waals surface area contributed by atoms with E-state index in [0.29, 0.717) is 30.2 Å². The van der Waals surface area contributed by atoms with Crippen LogP contribution in [0.2, 0.25) is 0 Å². The Balaban J connectivity index is 1.58. The summed E-state index contributed by atoms with van der Waals surface area (Å²) in [6.45, 7) is 4.67. The maximum atomic E-state index is 13.9. The summed E-state index contributed by atoms with van der Waals surface area (Å²) in [4.78, 5) is 18.6. The SMILES string of the molecule is Cc1noc(C2CCN(C(=O)c3cc4c(C)ccc(F)c4o3)C2)n1. The first-order valence-corrected chi connectivity index (χ1v) is 7.81. The van der Waals surface area contributed by atoms with Crippen LogP contribution in [0.25, 0.3) is 11.0 Å². The number of carbonyl (C=O) groups is 1. The maximum Gasteiger partial charge on any atom is 0.289 e. The third kappa shape index (κ3) is 2.36. The number of benzene rings is 1. The second-order valence-corrected chi connectivity index (χ2v) is 6.13. The lowest BCUT2D eigenvalue weighted by atomic mass is 10.1. The molecule has 0 aliphatic carbocycles. The predicted octanol–water partition coefficient (Wildman–Crippen LogP) is 3.20. The second-order valence-electron chi connectivity index (χ2n) is 6.13. The standard InChI is InChI=1S/C17H16FN3O3/c1-9-3-4-13(18)15-12(9)7-14(23-15)17(22)21-6-5-11(8-21)16-19-10(2)20-24-16/h3-4,7,11H,5-6,8H2,1-2H3. The summed E-state index contributed by atoms with van der Waals surface area (Å²) in [6, 6.07) is 4.63. The van der Waals surface area contributed by atoms with E-state index in [1.807, 2.05) is 6.92 Å². The molecule has 1 unspecified atom stereocenters. The van der Waals surface area contributed by atoms with Crippen molar-refractivity contribution < 1.29 is 18.1 Å². The molecule has 3 heterocycles. The highest BCUT2D eigenvalue weighted by Gasteiger charge is 2.32. The van der Waals surface area contributed by atoms with Gasteiger partial charge in [0.25, 0.3) is 5.91 Å². The quantitative estimate of drug-likeness (QED) is 0.722. The summed E-state index contributed by atoms with van der Waals surface area (Å²) in [5.41, 5.74) is 0.997. The third-order valence-corrected chi connectivity index (χ3v) is 4.43.